The van der Waals surface area contributed by atoms with Crippen LogP contribution in [-0.4, -0.2) is 53.6 Å². The maximum absolute atomic E-state index is 13.2. The molecule has 0 amide bonds. The summed E-state index contributed by atoms with van der Waals surface area (Å²) in [7, 11) is 0. The molecule has 2 rings (SSSR count). The second kappa shape index (κ2) is 6.52. The zero-order chi connectivity index (χ0) is 13.8. The van der Waals surface area contributed by atoms with Crippen molar-refractivity contribution >= 4 is 11.6 Å². The Morgan fingerprint density at radius 3 is 2.95 bits per heavy atom. The zero-order valence-electron chi connectivity index (χ0n) is 10.4. The van der Waals surface area contributed by atoms with E-state index in [1.165, 1.54) is 12.1 Å². The quantitative estimate of drug-likeness (QED) is 0.858. The number of rotatable bonds is 5. The van der Waals surface area contributed by atoms with Crippen molar-refractivity contribution in [2.45, 2.75) is 18.6 Å². The van der Waals surface area contributed by atoms with Gasteiger partial charge in [-0.3, -0.25) is 4.90 Å². The molecular formula is C13H17ClFNO3. The number of benzene rings is 1. The van der Waals surface area contributed by atoms with E-state index in [4.69, 9.17) is 16.3 Å². The molecule has 6 heteroatoms. The molecule has 0 spiro atoms. The Hall–Kier alpha value is -0.880. The predicted molar refractivity (Wildman–Crippen MR) is 70.0 cm³/mol. The first-order chi connectivity index (χ1) is 9.10. The number of halogens is 2. The van der Waals surface area contributed by atoms with Gasteiger partial charge in [0, 0.05) is 25.2 Å². The fraction of sp³-hybridized carbons (Fsp3) is 0.538. The van der Waals surface area contributed by atoms with E-state index in [2.05, 4.69) is 0 Å². The fourth-order valence-corrected chi connectivity index (χ4v) is 2.39. The van der Waals surface area contributed by atoms with Crippen LogP contribution in [0.1, 0.15) is 6.42 Å². The van der Waals surface area contributed by atoms with Crippen LogP contribution in [0.4, 0.5) is 4.39 Å². The van der Waals surface area contributed by atoms with Crippen LogP contribution in [0.3, 0.4) is 0 Å². The van der Waals surface area contributed by atoms with Crippen LogP contribution in [0.2, 0.25) is 5.02 Å². The Morgan fingerprint density at radius 1 is 1.47 bits per heavy atom. The molecule has 1 aliphatic rings. The van der Waals surface area contributed by atoms with Gasteiger partial charge in [0.25, 0.3) is 0 Å². The highest BCUT2D eigenvalue weighted by atomic mass is 35.5. The minimum absolute atomic E-state index is 0.0205. The van der Waals surface area contributed by atoms with Crippen LogP contribution in [-0.2, 0) is 0 Å². The molecule has 2 atom stereocenters. The van der Waals surface area contributed by atoms with Crippen molar-refractivity contribution in [3.63, 3.8) is 0 Å². The van der Waals surface area contributed by atoms with Gasteiger partial charge in [-0.2, -0.15) is 0 Å². The van der Waals surface area contributed by atoms with Crippen molar-refractivity contribution in [1.82, 2.24) is 4.90 Å². The third kappa shape index (κ3) is 3.79. The normalized spacial score (nSPS) is 23.8. The molecule has 0 saturated carbocycles. The van der Waals surface area contributed by atoms with Crippen LogP contribution in [0.5, 0.6) is 5.75 Å². The lowest BCUT2D eigenvalue weighted by Crippen LogP contribution is -2.35. The van der Waals surface area contributed by atoms with Crippen molar-refractivity contribution in [2.24, 2.45) is 0 Å². The van der Waals surface area contributed by atoms with Crippen LogP contribution >= 0.6 is 11.6 Å². The molecule has 0 radical (unpaired) electrons. The maximum Gasteiger partial charge on any atom is 0.145 e. The molecule has 0 bridgehead atoms. The number of nitrogens with zero attached hydrogens (tertiary/aromatic N) is 1. The summed E-state index contributed by atoms with van der Waals surface area (Å²) in [6.07, 6.45) is 0.177. The van der Waals surface area contributed by atoms with Gasteiger partial charge >= 0.3 is 0 Å². The van der Waals surface area contributed by atoms with Gasteiger partial charge in [-0.05, 0) is 18.6 Å². The van der Waals surface area contributed by atoms with Crippen molar-refractivity contribution in [1.29, 1.82) is 0 Å². The molecule has 1 heterocycles. The number of hydrogen-bond donors (Lipinski definition) is 2. The van der Waals surface area contributed by atoms with E-state index in [-0.39, 0.29) is 17.7 Å². The molecule has 19 heavy (non-hydrogen) atoms. The Balaban J connectivity index is 1.81. The highest BCUT2D eigenvalue weighted by Crippen LogP contribution is 2.21. The van der Waals surface area contributed by atoms with Gasteiger partial charge in [0.1, 0.15) is 18.2 Å². The van der Waals surface area contributed by atoms with E-state index in [0.29, 0.717) is 31.9 Å². The molecule has 1 aromatic carbocycles. The minimum Gasteiger partial charge on any atom is -0.492 e. The van der Waals surface area contributed by atoms with Gasteiger partial charge in [-0.15, -0.1) is 0 Å². The van der Waals surface area contributed by atoms with E-state index in [9.17, 15) is 14.6 Å². The third-order valence-corrected chi connectivity index (χ3v) is 3.56. The lowest BCUT2D eigenvalue weighted by molar-refractivity contribution is 0.135. The molecule has 1 saturated heterocycles. The van der Waals surface area contributed by atoms with Gasteiger partial charge in [0.2, 0.25) is 0 Å². The first-order valence-corrected chi connectivity index (χ1v) is 6.58. The highest BCUT2D eigenvalue weighted by molar-refractivity contribution is 6.30. The maximum atomic E-state index is 13.2. The van der Waals surface area contributed by atoms with E-state index >= 15 is 0 Å². The number of β-amino-alcohol motifs (C(OH)–C–C–N with tert-alkyl or cyclic N) is 1. The molecule has 0 unspecified atom stereocenters. The fourth-order valence-electron chi connectivity index (χ4n) is 2.27. The van der Waals surface area contributed by atoms with Crippen LogP contribution in [0, 0.1) is 5.82 Å². The van der Waals surface area contributed by atoms with Gasteiger partial charge in [0.15, 0.2) is 0 Å². The van der Waals surface area contributed by atoms with Crippen molar-refractivity contribution in [3.8, 4) is 5.75 Å². The topological polar surface area (TPSA) is 52.9 Å². The number of likely N-dealkylation sites (tertiary alicyclic amines) is 1. The summed E-state index contributed by atoms with van der Waals surface area (Å²) in [5, 5.41) is 18.8. The molecule has 1 aliphatic heterocycles. The Labute approximate surface area is 116 Å². The van der Waals surface area contributed by atoms with Crippen molar-refractivity contribution < 1.29 is 19.3 Å². The second-order valence-corrected chi connectivity index (χ2v) is 5.05. The average Bonchev–Trinajstić information content (AvgIpc) is 2.74. The number of aliphatic hydroxyl groups excluding tert-OH is 2. The smallest absolute Gasteiger partial charge is 0.145 e. The SMILES string of the molecule is OC[C@H]1C[C@@H](O)CN1CCOc1ccc(Cl)c(F)c1. The number of aliphatic hydroxyl groups is 2. The molecule has 1 aromatic rings. The van der Waals surface area contributed by atoms with E-state index < -0.39 is 11.9 Å². The second-order valence-electron chi connectivity index (χ2n) is 4.65. The average molecular weight is 290 g/mol. The molecule has 1 fully saturated rings. The summed E-state index contributed by atoms with van der Waals surface area (Å²) in [6, 6.07) is 4.27. The van der Waals surface area contributed by atoms with E-state index in [0.717, 1.165) is 0 Å². The van der Waals surface area contributed by atoms with E-state index in [1.54, 1.807) is 6.07 Å². The lowest BCUT2D eigenvalue weighted by atomic mass is 10.2. The summed E-state index contributed by atoms with van der Waals surface area (Å²) < 4.78 is 18.6. The van der Waals surface area contributed by atoms with Gasteiger partial charge in [-0.1, -0.05) is 11.6 Å². The first-order valence-electron chi connectivity index (χ1n) is 6.21. The Bertz CT molecular complexity index is 432. The predicted octanol–water partition coefficient (Wildman–Crippen LogP) is 1.29. The van der Waals surface area contributed by atoms with Crippen LogP contribution in [0.15, 0.2) is 18.2 Å². The van der Waals surface area contributed by atoms with E-state index in [1.807, 2.05) is 4.90 Å². The standard InChI is InChI=1S/C13H17ClFNO3/c14-12-2-1-11(6-13(12)15)19-4-3-16-7-10(18)5-9(16)8-17/h1-2,6,9-10,17-18H,3-5,7-8H2/t9-,10-/m1/s1. The largest absolute Gasteiger partial charge is 0.492 e. The Morgan fingerprint density at radius 2 is 2.26 bits per heavy atom. The summed E-state index contributed by atoms with van der Waals surface area (Å²) in [6.45, 7) is 1.49. The van der Waals surface area contributed by atoms with Crippen molar-refractivity contribution in [2.75, 3.05) is 26.3 Å². The third-order valence-electron chi connectivity index (χ3n) is 3.25. The lowest BCUT2D eigenvalue weighted by Gasteiger charge is -2.22. The van der Waals surface area contributed by atoms with Crippen LogP contribution < -0.4 is 4.74 Å². The molecular weight excluding hydrogens is 273 g/mol. The number of ether oxygens (including phenoxy) is 1. The highest BCUT2D eigenvalue weighted by Gasteiger charge is 2.29. The van der Waals surface area contributed by atoms with Gasteiger partial charge in [-0.25, -0.2) is 4.39 Å². The molecule has 4 nitrogen and oxygen atoms in total. The minimum atomic E-state index is -0.510. The Kier molecular flexibility index (Phi) is 4.99. The summed E-state index contributed by atoms with van der Waals surface area (Å²) >= 11 is 5.58. The number of hydrogen-bond acceptors (Lipinski definition) is 4. The molecule has 106 valence electrons. The molecule has 0 aliphatic carbocycles. The molecule has 0 aromatic heterocycles. The van der Waals surface area contributed by atoms with Gasteiger partial charge < -0.3 is 14.9 Å². The summed E-state index contributed by atoms with van der Waals surface area (Å²) in [5.74, 6) is -0.0915. The summed E-state index contributed by atoms with van der Waals surface area (Å²) in [4.78, 5) is 1.97. The van der Waals surface area contributed by atoms with Crippen molar-refractivity contribution in [3.05, 3.63) is 29.0 Å². The zero-order valence-corrected chi connectivity index (χ0v) is 11.2. The molecule has 2 N–H and O–H groups in total. The van der Waals surface area contributed by atoms with Crippen LogP contribution in [0.25, 0.3) is 0 Å². The van der Waals surface area contributed by atoms with Gasteiger partial charge in [0.05, 0.1) is 17.7 Å². The summed E-state index contributed by atoms with van der Waals surface area (Å²) in [5.41, 5.74) is 0. The monoisotopic (exact) mass is 289 g/mol. The first kappa shape index (κ1) is 14.5.